The molecule has 2 atom stereocenters. The van der Waals surface area contributed by atoms with Crippen LogP contribution in [-0.2, 0) is 25.0 Å². The molecule has 1 spiro atoms. The number of carbonyl (C=O) groups excluding carboxylic acids is 2. The van der Waals surface area contributed by atoms with Gasteiger partial charge in [-0.25, -0.2) is 9.59 Å². The van der Waals surface area contributed by atoms with Crippen LogP contribution >= 0.6 is 0 Å². The fourth-order valence-corrected chi connectivity index (χ4v) is 8.07. The number of likely N-dealkylation sites (N-methyl/N-ethyl adjacent to an activating group) is 1. The average Bonchev–Trinajstić information content (AvgIpc) is 3.70. The standard InChI is InChI=1S/C32H36N4O6S/c1-5-19-43(39,40)36(4)27-20-25(11-12-26(27)32(15-16-32)30(36)37)35-17-13-24(14-18-35)29-28(21(2)34-42-29)33-31(38)41-22(3)23-9-7-6-8-10-23/h5-12,20,22,24H,1,13-19H2,2-4H3/p+1/t22-,36?/m1/s1. The molecule has 1 N–H and O–H groups in total. The Hall–Kier alpha value is -3.96. The van der Waals surface area contributed by atoms with Crippen LogP contribution in [0.15, 0.2) is 65.7 Å². The summed E-state index contributed by atoms with van der Waals surface area (Å²) in [5.74, 6) is 0.111. The number of hydrogen-bond donors (Lipinski definition) is 1. The van der Waals surface area contributed by atoms with E-state index in [9.17, 15) is 18.0 Å². The lowest BCUT2D eigenvalue weighted by molar-refractivity contribution is -0.126. The second-order valence-corrected chi connectivity index (χ2v) is 14.1. The molecule has 2 aliphatic heterocycles. The molecule has 10 nitrogen and oxygen atoms in total. The van der Waals surface area contributed by atoms with E-state index in [4.69, 9.17) is 9.26 Å². The molecule has 2 aromatic carbocycles. The minimum atomic E-state index is -3.84. The summed E-state index contributed by atoms with van der Waals surface area (Å²) in [7, 11) is -2.33. The minimum absolute atomic E-state index is 0.0269. The Kier molecular flexibility index (Phi) is 7.21. The summed E-state index contributed by atoms with van der Waals surface area (Å²) in [5.41, 5.74) is 3.57. The molecule has 3 aromatic rings. The van der Waals surface area contributed by atoms with Gasteiger partial charge in [0.05, 0.1) is 7.05 Å². The zero-order chi connectivity index (χ0) is 30.6. The van der Waals surface area contributed by atoms with E-state index in [2.05, 4.69) is 22.0 Å². The molecular formula is C32H37N4O6S+. The minimum Gasteiger partial charge on any atom is -0.441 e. The highest BCUT2D eigenvalue weighted by molar-refractivity contribution is 7.91. The Balaban J connectivity index is 1.17. The zero-order valence-electron chi connectivity index (χ0n) is 24.7. The molecule has 1 saturated carbocycles. The second-order valence-electron chi connectivity index (χ2n) is 11.9. The lowest BCUT2D eigenvalue weighted by atomic mass is 9.92. The number of fused-ring (bicyclic) bond motifs is 2. The van der Waals surface area contributed by atoms with Crippen molar-refractivity contribution in [2.75, 3.05) is 36.1 Å². The number of anilines is 2. The van der Waals surface area contributed by atoms with Gasteiger partial charge in [0.2, 0.25) is 0 Å². The van der Waals surface area contributed by atoms with E-state index in [1.54, 1.807) is 6.92 Å². The Morgan fingerprint density at radius 3 is 2.58 bits per heavy atom. The first kappa shape index (κ1) is 29.1. The number of aromatic nitrogens is 1. The molecule has 2 amide bonds. The molecule has 1 saturated heterocycles. The van der Waals surface area contributed by atoms with Gasteiger partial charge in [-0.15, -0.1) is 10.5 Å². The normalized spacial score (nSPS) is 21.8. The third-order valence-corrected chi connectivity index (χ3v) is 11.4. The number of hydrogen-bond acceptors (Lipinski definition) is 8. The van der Waals surface area contributed by atoms with Gasteiger partial charge >= 0.3 is 22.0 Å². The van der Waals surface area contributed by atoms with Crippen LogP contribution in [0.3, 0.4) is 0 Å². The number of benzene rings is 2. The van der Waals surface area contributed by atoms with Crippen LogP contribution < -0.4 is 14.1 Å². The van der Waals surface area contributed by atoms with Crippen molar-refractivity contribution < 1.29 is 27.3 Å². The molecule has 226 valence electrons. The first-order valence-corrected chi connectivity index (χ1v) is 16.3. The first-order valence-electron chi connectivity index (χ1n) is 14.7. The van der Waals surface area contributed by atoms with E-state index in [1.807, 2.05) is 55.5 Å². The van der Waals surface area contributed by atoms with Crippen LogP contribution in [-0.4, -0.2) is 51.5 Å². The number of ether oxygens (including phenoxy) is 1. The average molecular weight is 606 g/mol. The number of carbonyl (C=O) groups is 2. The van der Waals surface area contributed by atoms with Crippen molar-refractivity contribution in [3.8, 4) is 0 Å². The Morgan fingerprint density at radius 2 is 1.93 bits per heavy atom. The van der Waals surface area contributed by atoms with Gasteiger partial charge in [0.1, 0.15) is 28.7 Å². The monoisotopic (exact) mass is 605 g/mol. The number of nitrogens with one attached hydrogen (secondary N) is 1. The van der Waals surface area contributed by atoms with Gasteiger partial charge in [-0.05, 0) is 57.2 Å². The summed E-state index contributed by atoms with van der Waals surface area (Å²) in [6, 6.07) is 15.3. The van der Waals surface area contributed by atoms with Crippen LogP contribution in [0.2, 0.25) is 0 Å². The predicted octanol–water partition coefficient (Wildman–Crippen LogP) is 5.70. The van der Waals surface area contributed by atoms with Gasteiger partial charge < -0.3 is 14.2 Å². The van der Waals surface area contributed by atoms with Crippen LogP contribution in [0.5, 0.6) is 0 Å². The van der Waals surface area contributed by atoms with Gasteiger partial charge in [0, 0.05) is 36.3 Å². The van der Waals surface area contributed by atoms with E-state index in [0.29, 0.717) is 48.8 Å². The zero-order valence-corrected chi connectivity index (χ0v) is 25.5. The van der Waals surface area contributed by atoms with Crippen molar-refractivity contribution >= 4 is 39.1 Å². The lowest BCUT2D eigenvalue weighted by Gasteiger charge is -2.33. The van der Waals surface area contributed by atoms with Crippen LogP contribution in [0.25, 0.3) is 0 Å². The number of aryl methyl sites for hydroxylation is 1. The molecule has 1 aromatic heterocycles. The Labute approximate surface area is 251 Å². The quantitative estimate of drug-likeness (QED) is 0.257. The maximum absolute atomic E-state index is 13.6. The summed E-state index contributed by atoms with van der Waals surface area (Å²) >= 11 is 0. The van der Waals surface area contributed by atoms with Crippen LogP contribution in [0.4, 0.5) is 21.9 Å². The van der Waals surface area contributed by atoms with Crippen LogP contribution in [0, 0.1) is 6.92 Å². The maximum Gasteiger partial charge on any atom is 0.412 e. The number of sulfonamides is 1. The molecule has 3 aliphatic rings. The van der Waals surface area contributed by atoms with Crippen molar-refractivity contribution in [3.05, 3.63) is 83.8 Å². The molecule has 1 unspecified atom stereocenters. The molecule has 3 heterocycles. The molecule has 43 heavy (non-hydrogen) atoms. The van der Waals surface area contributed by atoms with Crippen molar-refractivity contribution in [2.45, 2.75) is 57.0 Å². The topological polar surface area (TPSA) is 119 Å². The van der Waals surface area contributed by atoms with Gasteiger partial charge in [0.15, 0.2) is 11.4 Å². The first-order chi connectivity index (χ1) is 20.5. The Bertz CT molecular complexity index is 1690. The van der Waals surface area contributed by atoms with Crippen LogP contribution in [0.1, 0.15) is 67.2 Å². The largest absolute Gasteiger partial charge is 0.441 e. The molecule has 0 bridgehead atoms. The van der Waals surface area contributed by atoms with E-state index in [-0.39, 0.29) is 17.6 Å². The molecule has 0 radical (unpaired) electrons. The highest BCUT2D eigenvalue weighted by Crippen LogP contribution is 2.61. The molecule has 2 fully saturated rings. The molecule has 11 heteroatoms. The fourth-order valence-electron chi connectivity index (χ4n) is 6.59. The van der Waals surface area contributed by atoms with Crippen molar-refractivity contribution in [1.29, 1.82) is 0 Å². The van der Waals surface area contributed by atoms with Gasteiger partial charge in [-0.1, -0.05) is 41.6 Å². The van der Waals surface area contributed by atoms with Crippen molar-refractivity contribution in [3.63, 3.8) is 0 Å². The smallest absolute Gasteiger partial charge is 0.412 e. The number of piperidine rings is 1. The van der Waals surface area contributed by atoms with E-state index < -0.39 is 31.5 Å². The molecule has 1 aliphatic carbocycles. The molecular weight excluding hydrogens is 568 g/mol. The molecule has 6 rings (SSSR count). The summed E-state index contributed by atoms with van der Waals surface area (Å²) < 4.78 is 37.4. The highest BCUT2D eigenvalue weighted by Gasteiger charge is 2.71. The van der Waals surface area contributed by atoms with E-state index >= 15 is 0 Å². The second kappa shape index (κ2) is 10.6. The van der Waals surface area contributed by atoms with Gasteiger partial charge in [-0.2, -0.15) is 8.42 Å². The number of rotatable bonds is 8. The van der Waals surface area contributed by atoms with E-state index in [0.717, 1.165) is 29.7 Å². The SMILES string of the molecule is C=CCS(=O)(=O)[N+]1(C)C(=O)C2(CC2)c2ccc(N3CCC(c4onc(C)c4NC(=O)O[C@H](C)c4ccccc4)CC3)cc21. The Morgan fingerprint density at radius 1 is 1.23 bits per heavy atom. The number of nitrogens with zero attached hydrogens (tertiary/aromatic N) is 3. The summed E-state index contributed by atoms with van der Waals surface area (Å²) in [6.07, 6.45) is 3.17. The van der Waals surface area contributed by atoms with Crippen molar-refractivity contribution in [1.82, 2.24) is 9.05 Å². The van der Waals surface area contributed by atoms with Gasteiger partial charge in [-0.3, -0.25) is 5.32 Å². The predicted molar refractivity (Wildman–Crippen MR) is 164 cm³/mol. The van der Waals surface area contributed by atoms with E-state index in [1.165, 1.54) is 13.1 Å². The van der Waals surface area contributed by atoms with Gasteiger partial charge in [0.25, 0.3) is 0 Å². The third kappa shape index (κ3) is 4.75. The number of quaternary nitrogens is 1. The fraction of sp³-hybridized carbons (Fsp3) is 0.406. The summed E-state index contributed by atoms with van der Waals surface area (Å²) in [6.45, 7) is 8.57. The summed E-state index contributed by atoms with van der Waals surface area (Å²) in [4.78, 5) is 28.6. The number of amides is 2. The summed E-state index contributed by atoms with van der Waals surface area (Å²) in [5, 5.41) is 6.97. The highest BCUT2D eigenvalue weighted by atomic mass is 32.2. The van der Waals surface area contributed by atoms with Crippen molar-refractivity contribution in [2.24, 2.45) is 0 Å². The lowest BCUT2D eigenvalue weighted by Crippen LogP contribution is -2.55. The maximum atomic E-state index is 13.6. The third-order valence-electron chi connectivity index (χ3n) is 9.29.